The van der Waals surface area contributed by atoms with Gasteiger partial charge in [0.2, 0.25) is 0 Å². The summed E-state index contributed by atoms with van der Waals surface area (Å²) in [5.41, 5.74) is 0. The van der Waals surface area contributed by atoms with Crippen LogP contribution in [0.15, 0.2) is 0 Å². The van der Waals surface area contributed by atoms with Crippen molar-refractivity contribution >= 4 is 47.2 Å². The van der Waals surface area contributed by atoms with Gasteiger partial charge in [-0.05, 0) is 12.2 Å². The zero-order valence-electron chi connectivity index (χ0n) is 11.2. The molecule has 0 aliphatic heterocycles. The van der Waals surface area contributed by atoms with Crippen LogP contribution < -0.4 is 0 Å². The van der Waals surface area contributed by atoms with Crippen molar-refractivity contribution in [2.45, 2.75) is 31.4 Å². The molecule has 0 unspecified atom stereocenters. The number of aliphatic carboxylic acids is 2. The van der Waals surface area contributed by atoms with Crippen LogP contribution in [-0.2, 0) is 9.59 Å². The molecule has 0 aliphatic rings. The molecule has 0 rings (SSSR count). The van der Waals surface area contributed by atoms with Crippen molar-refractivity contribution in [2.75, 3.05) is 28.8 Å². The first kappa shape index (κ1) is 19.0. The van der Waals surface area contributed by atoms with Gasteiger partial charge in [-0.2, -0.15) is 23.5 Å². The molecule has 0 radical (unpaired) electrons. The summed E-state index contributed by atoms with van der Waals surface area (Å²) in [6, 6.07) is 0. The van der Waals surface area contributed by atoms with Gasteiger partial charge in [0.1, 0.15) is 5.25 Å². The third-order valence-corrected chi connectivity index (χ3v) is 5.98. The summed E-state index contributed by atoms with van der Waals surface area (Å²) in [7, 11) is 0. The van der Waals surface area contributed by atoms with Gasteiger partial charge in [0.15, 0.2) is 0 Å². The summed E-state index contributed by atoms with van der Waals surface area (Å²) < 4.78 is 0. The molecule has 0 spiro atoms. The molecule has 0 aromatic heterocycles. The average molecular weight is 327 g/mol. The predicted octanol–water partition coefficient (Wildman–Crippen LogP) is 2.91. The number of carboxylic acid groups (broad SMARTS) is 2. The van der Waals surface area contributed by atoms with Gasteiger partial charge in [0, 0.05) is 23.0 Å². The summed E-state index contributed by atoms with van der Waals surface area (Å²) in [5.74, 6) is 2.90. The molecule has 0 fully saturated rings. The first-order valence-corrected chi connectivity index (χ1v) is 9.65. The van der Waals surface area contributed by atoms with Crippen LogP contribution in [0.25, 0.3) is 0 Å². The Kier molecular flexibility index (Phi) is 13.0. The van der Waals surface area contributed by atoms with Crippen molar-refractivity contribution in [3.63, 3.8) is 0 Å². The number of hydrogen-bond donors (Lipinski definition) is 2. The normalized spacial score (nSPS) is 12.3. The molecule has 19 heavy (non-hydrogen) atoms. The van der Waals surface area contributed by atoms with Crippen LogP contribution in [-0.4, -0.2) is 56.2 Å². The SMILES string of the molecule is CCCCSCCSCCS[C@H](CC(=O)O)C(=O)O. The second-order valence-electron chi connectivity index (χ2n) is 3.87. The van der Waals surface area contributed by atoms with E-state index in [0.29, 0.717) is 5.75 Å². The molecule has 0 aromatic rings. The van der Waals surface area contributed by atoms with Crippen LogP contribution >= 0.6 is 35.3 Å². The molecule has 4 nitrogen and oxygen atoms in total. The van der Waals surface area contributed by atoms with Gasteiger partial charge in [0.05, 0.1) is 6.42 Å². The van der Waals surface area contributed by atoms with Crippen molar-refractivity contribution < 1.29 is 19.8 Å². The Labute approximate surface area is 127 Å². The Morgan fingerprint density at radius 1 is 1.00 bits per heavy atom. The highest BCUT2D eigenvalue weighted by molar-refractivity contribution is 8.04. The number of thioether (sulfide) groups is 3. The summed E-state index contributed by atoms with van der Waals surface area (Å²) in [6.45, 7) is 2.18. The van der Waals surface area contributed by atoms with E-state index in [0.717, 1.165) is 17.3 Å². The van der Waals surface area contributed by atoms with E-state index in [1.54, 1.807) is 11.8 Å². The number of unbranched alkanes of at least 4 members (excludes halogenated alkanes) is 1. The quantitative estimate of drug-likeness (QED) is 0.504. The number of carbonyl (C=O) groups is 2. The topological polar surface area (TPSA) is 74.6 Å². The Hall–Kier alpha value is -0.0100. The Balaban J connectivity index is 3.45. The van der Waals surface area contributed by atoms with Crippen LogP contribution in [0.2, 0.25) is 0 Å². The lowest BCUT2D eigenvalue weighted by Gasteiger charge is -2.09. The molecule has 0 amide bonds. The molecule has 7 heteroatoms. The molecule has 0 saturated heterocycles. The summed E-state index contributed by atoms with van der Waals surface area (Å²) in [4.78, 5) is 21.3. The molecular formula is C12H22O4S3. The van der Waals surface area contributed by atoms with E-state index in [-0.39, 0.29) is 6.42 Å². The van der Waals surface area contributed by atoms with E-state index < -0.39 is 17.2 Å². The second kappa shape index (κ2) is 13.0. The largest absolute Gasteiger partial charge is 0.481 e. The van der Waals surface area contributed by atoms with Gasteiger partial charge in [-0.3, -0.25) is 9.59 Å². The van der Waals surface area contributed by atoms with Gasteiger partial charge in [-0.25, -0.2) is 0 Å². The summed E-state index contributed by atoms with van der Waals surface area (Å²) in [6.07, 6.45) is 2.19. The van der Waals surface area contributed by atoms with Gasteiger partial charge in [0.25, 0.3) is 0 Å². The van der Waals surface area contributed by atoms with Gasteiger partial charge in [-0.1, -0.05) is 13.3 Å². The number of carboxylic acids is 2. The third-order valence-electron chi connectivity index (χ3n) is 2.20. The highest BCUT2D eigenvalue weighted by atomic mass is 32.2. The molecule has 2 N–H and O–H groups in total. The lowest BCUT2D eigenvalue weighted by Crippen LogP contribution is -2.21. The van der Waals surface area contributed by atoms with Gasteiger partial charge >= 0.3 is 11.9 Å². The smallest absolute Gasteiger partial charge is 0.317 e. The van der Waals surface area contributed by atoms with Gasteiger partial charge < -0.3 is 10.2 Å². The van der Waals surface area contributed by atoms with Crippen LogP contribution in [0.3, 0.4) is 0 Å². The van der Waals surface area contributed by atoms with E-state index in [1.165, 1.54) is 30.4 Å². The Morgan fingerprint density at radius 3 is 2.11 bits per heavy atom. The molecule has 0 saturated carbocycles. The fraction of sp³-hybridized carbons (Fsp3) is 0.833. The molecule has 1 atom stereocenters. The lowest BCUT2D eigenvalue weighted by molar-refractivity contribution is -0.142. The van der Waals surface area contributed by atoms with Crippen molar-refractivity contribution in [3.8, 4) is 0 Å². The van der Waals surface area contributed by atoms with Crippen LogP contribution in [0.1, 0.15) is 26.2 Å². The molecule has 112 valence electrons. The minimum atomic E-state index is -1.06. The summed E-state index contributed by atoms with van der Waals surface area (Å²) in [5, 5.41) is 16.6. The third kappa shape index (κ3) is 12.8. The maximum atomic E-state index is 10.8. The summed E-state index contributed by atoms with van der Waals surface area (Å²) >= 11 is 4.98. The van der Waals surface area contributed by atoms with Gasteiger partial charge in [-0.15, -0.1) is 11.8 Å². The maximum Gasteiger partial charge on any atom is 0.317 e. The van der Waals surface area contributed by atoms with Crippen LogP contribution in [0, 0.1) is 0 Å². The van der Waals surface area contributed by atoms with Crippen LogP contribution in [0.4, 0.5) is 0 Å². The fourth-order valence-corrected chi connectivity index (χ4v) is 4.58. The Bertz CT molecular complexity index is 261. The second-order valence-corrected chi connectivity index (χ2v) is 7.63. The minimum Gasteiger partial charge on any atom is -0.481 e. The van der Waals surface area contributed by atoms with Crippen LogP contribution in [0.5, 0.6) is 0 Å². The van der Waals surface area contributed by atoms with E-state index in [4.69, 9.17) is 10.2 Å². The van der Waals surface area contributed by atoms with E-state index in [2.05, 4.69) is 6.92 Å². The van der Waals surface area contributed by atoms with Crippen molar-refractivity contribution in [1.82, 2.24) is 0 Å². The zero-order chi connectivity index (χ0) is 14.5. The predicted molar refractivity (Wildman–Crippen MR) is 85.7 cm³/mol. The highest BCUT2D eigenvalue weighted by Crippen LogP contribution is 2.18. The number of hydrogen-bond acceptors (Lipinski definition) is 5. The zero-order valence-corrected chi connectivity index (χ0v) is 13.6. The minimum absolute atomic E-state index is 0.308. The van der Waals surface area contributed by atoms with Crippen molar-refractivity contribution in [2.24, 2.45) is 0 Å². The van der Waals surface area contributed by atoms with E-state index >= 15 is 0 Å². The lowest BCUT2D eigenvalue weighted by atomic mass is 10.3. The number of rotatable bonds is 13. The Morgan fingerprint density at radius 2 is 1.58 bits per heavy atom. The average Bonchev–Trinajstić information content (AvgIpc) is 2.34. The monoisotopic (exact) mass is 326 g/mol. The molecule has 0 bridgehead atoms. The maximum absolute atomic E-state index is 10.8. The van der Waals surface area contributed by atoms with Crippen molar-refractivity contribution in [3.05, 3.63) is 0 Å². The molecular weight excluding hydrogens is 304 g/mol. The standard InChI is InChI=1S/C12H22O4S3/c1-2-3-4-17-5-6-18-7-8-19-10(12(15)16)9-11(13)14/h10H,2-9H2,1H3,(H,13,14)(H,15,16)/t10-/m1/s1. The van der Waals surface area contributed by atoms with E-state index in [9.17, 15) is 9.59 Å². The highest BCUT2D eigenvalue weighted by Gasteiger charge is 2.20. The van der Waals surface area contributed by atoms with E-state index in [1.807, 2.05) is 11.8 Å². The molecule has 0 aromatic carbocycles. The molecule has 0 heterocycles. The first-order chi connectivity index (χ1) is 9.07. The van der Waals surface area contributed by atoms with Crippen molar-refractivity contribution in [1.29, 1.82) is 0 Å². The molecule has 0 aliphatic carbocycles. The first-order valence-electron chi connectivity index (χ1n) is 6.29. The fourth-order valence-electron chi connectivity index (χ4n) is 1.19.